The van der Waals surface area contributed by atoms with Crippen molar-refractivity contribution < 1.29 is 23.1 Å². The molecule has 0 saturated carbocycles. The van der Waals surface area contributed by atoms with Crippen molar-refractivity contribution in [2.75, 3.05) is 6.61 Å². The molecule has 6 heteroatoms. The topological polar surface area (TPSA) is 56.5 Å². The molecule has 23 heavy (non-hydrogen) atoms. The van der Waals surface area contributed by atoms with Crippen LogP contribution in [0.2, 0.25) is 5.02 Å². The summed E-state index contributed by atoms with van der Waals surface area (Å²) in [5, 5.41) is 0.165. The molecule has 0 atom stereocenters. The first-order valence-corrected chi connectivity index (χ1v) is 7.19. The molecule has 0 radical (unpaired) electrons. The number of halogens is 2. The fraction of sp³-hybridized carbons (Fsp3) is 0.176. The second-order valence-corrected chi connectivity index (χ2v) is 5.25. The number of ketones is 1. The molecule has 1 aromatic carbocycles. The van der Waals surface area contributed by atoms with Crippen LogP contribution in [0.3, 0.4) is 0 Å². The van der Waals surface area contributed by atoms with Crippen LogP contribution < -0.4 is 0 Å². The Kier molecular flexibility index (Phi) is 5.71. The van der Waals surface area contributed by atoms with Crippen LogP contribution in [0.1, 0.15) is 17.1 Å². The molecule has 0 aliphatic carbocycles. The highest BCUT2D eigenvalue weighted by Crippen LogP contribution is 2.18. The van der Waals surface area contributed by atoms with E-state index in [1.807, 2.05) is 0 Å². The van der Waals surface area contributed by atoms with Crippen molar-refractivity contribution in [1.29, 1.82) is 0 Å². The van der Waals surface area contributed by atoms with E-state index in [2.05, 4.69) is 0 Å². The zero-order valence-electron chi connectivity index (χ0n) is 12.3. The second kappa shape index (κ2) is 7.74. The smallest absolute Gasteiger partial charge is 0.331 e. The Morgan fingerprint density at radius 3 is 2.74 bits per heavy atom. The van der Waals surface area contributed by atoms with Crippen molar-refractivity contribution >= 4 is 29.4 Å². The highest BCUT2D eigenvalue weighted by molar-refractivity contribution is 6.31. The summed E-state index contributed by atoms with van der Waals surface area (Å²) in [6.45, 7) is 1.41. The van der Waals surface area contributed by atoms with Crippen molar-refractivity contribution in [3.05, 3.63) is 64.3 Å². The summed E-state index contributed by atoms with van der Waals surface area (Å²) < 4.78 is 23.0. The number of hydrogen-bond donors (Lipinski definition) is 0. The number of furan rings is 1. The van der Waals surface area contributed by atoms with E-state index in [-0.39, 0.29) is 23.8 Å². The molecule has 0 unspecified atom stereocenters. The predicted molar refractivity (Wildman–Crippen MR) is 83.6 cm³/mol. The van der Waals surface area contributed by atoms with E-state index in [1.54, 1.807) is 19.1 Å². The van der Waals surface area contributed by atoms with Gasteiger partial charge in [0.15, 0.2) is 12.4 Å². The Morgan fingerprint density at radius 2 is 2.09 bits per heavy atom. The number of aryl methyl sites for hydroxylation is 1. The molecular formula is C17H14ClFO4. The second-order valence-electron chi connectivity index (χ2n) is 4.84. The van der Waals surface area contributed by atoms with Gasteiger partial charge in [0, 0.05) is 17.5 Å². The van der Waals surface area contributed by atoms with Gasteiger partial charge in [-0.15, -0.1) is 0 Å². The number of benzene rings is 1. The minimum Gasteiger partial charge on any atom is -0.462 e. The van der Waals surface area contributed by atoms with E-state index in [0.717, 1.165) is 11.8 Å². The van der Waals surface area contributed by atoms with Gasteiger partial charge in [-0.1, -0.05) is 17.7 Å². The molecule has 0 aliphatic heterocycles. The van der Waals surface area contributed by atoms with Gasteiger partial charge >= 0.3 is 5.97 Å². The van der Waals surface area contributed by atoms with Crippen molar-refractivity contribution in [3.63, 3.8) is 0 Å². The van der Waals surface area contributed by atoms with Gasteiger partial charge in [-0.3, -0.25) is 4.79 Å². The number of rotatable bonds is 6. The van der Waals surface area contributed by atoms with Gasteiger partial charge in [-0.05, 0) is 42.8 Å². The molecular weight excluding hydrogens is 323 g/mol. The Labute approximate surface area is 137 Å². The number of esters is 1. The first-order valence-electron chi connectivity index (χ1n) is 6.81. The van der Waals surface area contributed by atoms with Crippen LogP contribution >= 0.6 is 11.6 Å². The molecule has 0 amide bonds. The minimum absolute atomic E-state index is 0.0342. The molecule has 120 valence electrons. The molecule has 1 heterocycles. The van der Waals surface area contributed by atoms with Gasteiger partial charge < -0.3 is 9.15 Å². The average Bonchev–Trinajstić information content (AvgIpc) is 2.91. The first kappa shape index (κ1) is 17.0. The van der Waals surface area contributed by atoms with E-state index in [9.17, 15) is 14.0 Å². The highest BCUT2D eigenvalue weighted by Gasteiger charge is 2.10. The molecule has 0 spiro atoms. The Morgan fingerprint density at radius 1 is 1.30 bits per heavy atom. The monoisotopic (exact) mass is 336 g/mol. The lowest BCUT2D eigenvalue weighted by Gasteiger charge is -2.04. The van der Waals surface area contributed by atoms with Crippen molar-refractivity contribution in [2.45, 2.75) is 13.3 Å². The van der Waals surface area contributed by atoms with E-state index in [0.29, 0.717) is 11.3 Å². The van der Waals surface area contributed by atoms with Gasteiger partial charge in [-0.25, -0.2) is 9.18 Å². The molecule has 0 fully saturated rings. The minimum atomic E-state index is -0.655. The van der Waals surface area contributed by atoms with E-state index < -0.39 is 11.8 Å². The average molecular weight is 337 g/mol. The Bertz CT molecular complexity index is 749. The number of carbonyl (C=O) groups excluding carboxylic acids is 2. The maximum Gasteiger partial charge on any atom is 0.331 e. The van der Waals surface area contributed by atoms with Gasteiger partial charge in [0.1, 0.15) is 17.3 Å². The van der Waals surface area contributed by atoms with Crippen LogP contribution in [0.15, 0.2) is 40.8 Å². The van der Waals surface area contributed by atoms with Gasteiger partial charge in [0.25, 0.3) is 0 Å². The third-order valence-corrected chi connectivity index (χ3v) is 3.27. The number of carbonyl (C=O) groups is 2. The molecule has 1 aromatic heterocycles. The van der Waals surface area contributed by atoms with Crippen molar-refractivity contribution in [1.82, 2.24) is 0 Å². The molecule has 0 bridgehead atoms. The van der Waals surface area contributed by atoms with Gasteiger partial charge in [-0.2, -0.15) is 0 Å². The summed E-state index contributed by atoms with van der Waals surface area (Å²) >= 11 is 5.83. The van der Waals surface area contributed by atoms with Gasteiger partial charge in [0.2, 0.25) is 0 Å². The summed E-state index contributed by atoms with van der Waals surface area (Å²) in [5.41, 5.74) is 0.482. The van der Waals surface area contributed by atoms with Crippen LogP contribution in [0, 0.1) is 12.7 Å². The zero-order valence-corrected chi connectivity index (χ0v) is 13.1. The van der Waals surface area contributed by atoms with Crippen LogP contribution in [-0.4, -0.2) is 18.4 Å². The molecule has 0 N–H and O–H groups in total. The lowest BCUT2D eigenvalue weighted by atomic mass is 10.1. The van der Waals surface area contributed by atoms with Crippen molar-refractivity contribution in [3.8, 4) is 0 Å². The summed E-state index contributed by atoms with van der Waals surface area (Å²) in [7, 11) is 0. The van der Waals surface area contributed by atoms with E-state index in [4.69, 9.17) is 20.8 Å². The summed E-state index contributed by atoms with van der Waals surface area (Å²) in [4.78, 5) is 23.3. The molecule has 0 saturated heterocycles. The Hall–Kier alpha value is -2.40. The number of ether oxygens (including phenoxy) is 1. The fourth-order valence-electron chi connectivity index (χ4n) is 1.82. The zero-order chi connectivity index (χ0) is 16.8. The van der Waals surface area contributed by atoms with E-state index >= 15 is 0 Å². The SMILES string of the molecule is Cc1ccc(/C=C\C(=O)OCC(=O)Cc2ccc(F)cc2Cl)o1. The number of hydrogen-bond acceptors (Lipinski definition) is 4. The summed E-state index contributed by atoms with van der Waals surface area (Å²) in [6.07, 6.45) is 2.60. The summed E-state index contributed by atoms with van der Waals surface area (Å²) in [6, 6.07) is 7.25. The fourth-order valence-corrected chi connectivity index (χ4v) is 2.06. The molecule has 2 aromatic rings. The van der Waals surface area contributed by atoms with Crippen LogP contribution in [-0.2, 0) is 20.7 Å². The van der Waals surface area contributed by atoms with Crippen molar-refractivity contribution in [2.24, 2.45) is 0 Å². The van der Waals surface area contributed by atoms with E-state index in [1.165, 1.54) is 24.3 Å². The standard InChI is InChI=1S/C17H14ClFO4/c1-11-2-5-15(23-11)6-7-17(21)22-10-14(20)8-12-3-4-13(19)9-16(12)18/h2-7,9H,8,10H2,1H3/b7-6-. The largest absolute Gasteiger partial charge is 0.462 e. The third-order valence-electron chi connectivity index (χ3n) is 2.92. The van der Waals surface area contributed by atoms with Crippen LogP contribution in [0.5, 0.6) is 0 Å². The predicted octanol–water partition coefficient (Wildman–Crippen LogP) is 3.75. The molecule has 0 aliphatic rings. The maximum absolute atomic E-state index is 12.9. The molecule has 2 rings (SSSR count). The first-order chi connectivity index (χ1) is 10.9. The third kappa shape index (κ3) is 5.38. The Balaban J connectivity index is 1.81. The van der Waals surface area contributed by atoms with Gasteiger partial charge in [0.05, 0.1) is 0 Å². The van der Waals surface area contributed by atoms with Crippen LogP contribution in [0.4, 0.5) is 4.39 Å². The quantitative estimate of drug-likeness (QED) is 0.595. The lowest BCUT2D eigenvalue weighted by Crippen LogP contribution is -2.14. The number of Topliss-reactive ketones (excluding diaryl/α,β-unsaturated/α-hetero) is 1. The maximum atomic E-state index is 12.9. The molecule has 4 nitrogen and oxygen atoms in total. The van der Waals surface area contributed by atoms with Crippen LogP contribution in [0.25, 0.3) is 6.08 Å². The highest BCUT2D eigenvalue weighted by atomic mass is 35.5. The normalized spacial score (nSPS) is 10.9. The summed E-state index contributed by atoms with van der Waals surface area (Å²) in [5.74, 6) is -0.226. The lowest BCUT2D eigenvalue weighted by molar-refractivity contribution is -0.142.